The Balaban J connectivity index is 2.15. The van der Waals surface area contributed by atoms with Crippen molar-refractivity contribution in [3.63, 3.8) is 0 Å². The first-order valence-corrected chi connectivity index (χ1v) is 8.16. The first kappa shape index (κ1) is 17.9. The zero-order valence-electron chi connectivity index (χ0n) is 14.7. The molecule has 2 rings (SSSR count). The summed E-state index contributed by atoms with van der Waals surface area (Å²) in [5.74, 6) is -0.400. The van der Waals surface area contributed by atoms with Gasteiger partial charge in [0.05, 0.1) is 24.9 Å². The number of ketones is 1. The van der Waals surface area contributed by atoms with Gasteiger partial charge in [-0.25, -0.2) is 4.79 Å². The average Bonchev–Trinajstić information content (AvgIpc) is 2.89. The molecular formula is C19H25N2O3+. The molecule has 0 fully saturated rings. The Kier molecular flexibility index (Phi) is 5.93. The largest absolute Gasteiger partial charge is 0.465 e. The van der Waals surface area contributed by atoms with Crippen LogP contribution in [-0.4, -0.2) is 36.9 Å². The second-order valence-corrected chi connectivity index (χ2v) is 5.98. The number of esters is 1. The van der Waals surface area contributed by atoms with E-state index in [-0.39, 0.29) is 5.78 Å². The first-order chi connectivity index (χ1) is 11.5. The highest BCUT2D eigenvalue weighted by atomic mass is 16.5. The number of hydrogen-bond acceptors (Lipinski definition) is 3. The van der Waals surface area contributed by atoms with Crippen molar-refractivity contribution in [2.24, 2.45) is 0 Å². The molecule has 0 amide bonds. The van der Waals surface area contributed by atoms with Crippen molar-refractivity contribution in [1.29, 1.82) is 0 Å². The van der Waals surface area contributed by atoms with E-state index in [1.165, 1.54) is 17.6 Å². The minimum Gasteiger partial charge on any atom is -0.465 e. The lowest BCUT2D eigenvalue weighted by Gasteiger charge is -2.17. The Bertz CT molecular complexity index is 720. The maximum Gasteiger partial charge on any atom is 0.339 e. The van der Waals surface area contributed by atoms with Gasteiger partial charge in [-0.15, -0.1) is 0 Å². The Hall–Kier alpha value is -2.40. The number of H-pyrrole nitrogens is 1. The van der Waals surface area contributed by atoms with Crippen LogP contribution in [-0.2, 0) is 11.3 Å². The fraction of sp³-hybridized carbons (Fsp3) is 0.368. The molecule has 5 nitrogen and oxygen atoms in total. The molecule has 0 aliphatic rings. The molecule has 2 N–H and O–H groups in total. The van der Waals surface area contributed by atoms with Crippen LogP contribution in [0.1, 0.15) is 44.6 Å². The lowest BCUT2D eigenvalue weighted by Crippen LogP contribution is -3.11. The molecule has 0 saturated heterocycles. The van der Waals surface area contributed by atoms with Crippen molar-refractivity contribution >= 4 is 11.8 Å². The predicted molar refractivity (Wildman–Crippen MR) is 92.5 cm³/mol. The number of carbonyl (C=O) groups excluding carboxylic acids is 2. The van der Waals surface area contributed by atoms with Crippen LogP contribution in [0.15, 0.2) is 30.3 Å². The van der Waals surface area contributed by atoms with E-state index in [9.17, 15) is 9.59 Å². The fourth-order valence-corrected chi connectivity index (χ4v) is 2.95. The molecule has 24 heavy (non-hydrogen) atoms. The van der Waals surface area contributed by atoms with E-state index in [1.54, 1.807) is 13.8 Å². The highest BCUT2D eigenvalue weighted by Crippen LogP contribution is 2.19. The third kappa shape index (κ3) is 3.92. The van der Waals surface area contributed by atoms with E-state index < -0.39 is 5.97 Å². The third-order valence-corrected chi connectivity index (χ3v) is 4.31. The van der Waals surface area contributed by atoms with Gasteiger partial charge in [-0.2, -0.15) is 0 Å². The molecule has 0 bridgehead atoms. The summed E-state index contributed by atoms with van der Waals surface area (Å²) < 4.78 is 4.80. The van der Waals surface area contributed by atoms with Crippen LogP contribution in [0.25, 0.3) is 0 Å². The van der Waals surface area contributed by atoms with Gasteiger partial charge in [-0.1, -0.05) is 30.3 Å². The van der Waals surface area contributed by atoms with Crippen LogP contribution in [0.3, 0.4) is 0 Å². The Morgan fingerprint density at radius 2 is 1.83 bits per heavy atom. The highest BCUT2D eigenvalue weighted by molar-refractivity contribution is 6.01. The number of hydrogen-bond donors (Lipinski definition) is 2. The van der Waals surface area contributed by atoms with Gasteiger partial charge in [-0.05, 0) is 26.3 Å². The van der Waals surface area contributed by atoms with Crippen molar-refractivity contribution in [2.45, 2.75) is 27.3 Å². The van der Waals surface area contributed by atoms with Gasteiger partial charge in [-0.3, -0.25) is 4.79 Å². The summed E-state index contributed by atoms with van der Waals surface area (Å²) in [5, 5.41) is 0. The molecule has 1 heterocycles. The van der Waals surface area contributed by atoms with Gasteiger partial charge in [0.1, 0.15) is 13.1 Å². The number of nitrogens with one attached hydrogen (secondary N) is 2. The quantitative estimate of drug-likeness (QED) is 0.600. The minimum absolute atomic E-state index is 0.0125. The Morgan fingerprint density at radius 3 is 2.42 bits per heavy atom. The van der Waals surface area contributed by atoms with E-state index in [0.29, 0.717) is 29.1 Å². The van der Waals surface area contributed by atoms with Crippen molar-refractivity contribution < 1.29 is 19.2 Å². The zero-order valence-corrected chi connectivity index (χ0v) is 14.7. The summed E-state index contributed by atoms with van der Waals surface area (Å²) >= 11 is 0. The molecule has 0 saturated carbocycles. The van der Waals surface area contributed by atoms with E-state index in [2.05, 4.69) is 24.0 Å². The Labute approximate surface area is 142 Å². The molecule has 1 unspecified atom stereocenters. The summed E-state index contributed by atoms with van der Waals surface area (Å²) in [7, 11) is 1.35. The summed E-state index contributed by atoms with van der Waals surface area (Å²) in [4.78, 5) is 28.8. The molecule has 128 valence electrons. The Morgan fingerprint density at radius 1 is 1.17 bits per heavy atom. The number of Topliss-reactive ketones (excluding diaryl/α,β-unsaturated/α-hetero) is 1. The lowest BCUT2D eigenvalue weighted by atomic mass is 10.1. The van der Waals surface area contributed by atoms with Gasteiger partial charge in [0.25, 0.3) is 0 Å². The van der Waals surface area contributed by atoms with Gasteiger partial charge in [0.15, 0.2) is 0 Å². The first-order valence-electron chi connectivity index (χ1n) is 8.16. The van der Waals surface area contributed by atoms with Crippen LogP contribution in [0, 0.1) is 13.8 Å². The highest BCUT2D eigenvalue weighted by Gasteiger charge is 2.24. The van der Waals surface area contributed by atoms with Crippen LogP contribution in [0.2, 0.25) is 0 Å². The summed E-state index contributed by atoms with van der Waals surface area (Å²) in [6.45, 7) is 7.66. The molecular weight excluding hydrogens is 304 g/mol. The van der Waals surface area contributed by atoms with Crippen LogP contribution >= 0.6 is 0 Å². The minimum atomic E-state index is -0.413. The summed E-state index contributed by atoms with van der Waals surface area (Å²) in [5.41, 5.74) is 3.51. The number of benzene rings is 1. The number of likely N-dealkylation sites (N-methyl/N-ethyl adjacent to an activating group) is 1. The predicted octanol–water partition coefficient (Wildman–Crippen LogP) is 1.71. The van der Waals surface area contributed by atoms with Gasteiger partial charge < -0.3 is 14.6 Å². The van der Waals surface area contributed by atoms with E-state index in [1.807, 2.05) is 18.2 Å². The van der Waals surface area contributed by atoms with Crippen molar-refractivity contribution in [1.82, 2.24) is 4.98 Å². The van der Waals surface area contributed by atoms with Gasteiger partial charge >= 0.3 is 5.97 Å². The third-order valence-electron chi connectivity index (χ3n) is 4.31. The topological polar surface area (TPSA) is 63.6 Å². The van der Waals surface area contributed by atoms with Crippen molar-refractivity contribution in [2.75, 3.05) is 20.2 Å². The number of quaternary nitrogens is 1. The molecule has 5 heteroatoms. The van der Waals surface area contributed by atoms with Gasteiger partial charge in [0, 0.05) is 11.3 Å². The fourth-order valence-electron chi connectivity index (χ4n) is 2.95. The zero-order chi connectivity index (χ0) is 17.7. The van der Waals surface area contributed by atoms with E-state index >= 15 is 0 Å². The molecule has 0 aliphatic heterocycles. The van der Waals surface area contributed by atoms with Crippen LogP contribution < -0.4 is 4.90 Å². The SMILES string of the molecule is CC[NH+](CC(=O)c1[nH]c(C)c(C(=O)OC)c1C)Cc1ccccc1. The van der Waals surface area contributed by atoms with Crippen molar-refractivity contribution in [3.05, 3.63) is 58.4 Å². The number of ether oxygens (including phenoxy) is 1. The van der Waals surface area contributed by atoms with E-state index in [4.69, 9.17) is 4.74 Å². The maximum atomic E-state index is 12.7. The second-order valence-electron chi connectivity index (χ2n) is 5.98. The molecule has 1 aromatic carbocycles. The van der Waals surface area contributed by atoms with Crippen molar-refractivity contribution in [3.8, 4) is 0 Å². The standard InChI is InChI=1S/C19H24N2O3/c1-5-21(11-15-9-7-6-8-10-15)12-16(22)18-13(2)17(14(3)20-18)19(23)24-4/h6-10,20H,5,11-12H2,1-4H3/p+1. The molecule has 1 atom stereocenters. The molecule has 0 aliphatic carbocycles. The number of methoxy groups -OCH3 is 1. The van der Waals surface area contributed by atoms with Crippen LogP contribution in [0.4, 0.5) is 0 Å². The summed E-state index contributed by atoms with van der Waals surface area (Å²) in [6, 6.07) is 10.1. The number of carbonyl (C=O) groups is 2. The number of aromatic amines is 1. The van der Waals surface area contributed by atoms with Crippen LogP contribution in [0.5, 0.6) is 0 Å². The van der Waals surface area contributed by atoms with Gasteiger partial charge in [0.2, 0.25) is 5.78 Å². The average molecular weight is 329 g/mol. The molecule has 0 radical (unpaired) electrons. The number of aromatic nitrogens is 1. The second kappa shape index (κ2) is 7.93. The molecule has 2 aromatic rings. The monoisotopic (exact) mass is 329 g/mol. The number of aryl methyl sites for hydroxylation is 1. The normalized spacial score (nSPS) is 12.0. The number of rotatable bonds is 7. The maximum absolute atomic E-state index is 12.7. The molecule has 0 spiro atoms. The van der Waals surface area contributed by atoms with E-state index in [0.717, 1.165) is 13.1 Å². The summed E-state index contributed by atoms with van der Waals surface area (Å²) in [6.07, 6.45) is 0. The molecule has 1 aromatic heterocycles. The smallest absolute Gasteiger partial charge is 0.339 e. The lowest BCUT2D eigenvalue weighted by molar-refractivity contribution is -0.903.